The van der Waals surface area contributed by atoms with Gasteiger partial charge in [0, 0.05) is 25.1 Å². The number of pyridine rings is 1. The first-order valence-corrected chi connectivity index (χ1v) is 14.1. The Kier molecular flexibility index (Phi) is 9.15. The molecule has 0 atom stereocenters. The number of alkyl carbamates (subject to hydrolysis) is 1. The molecule has 1 saturated heterocycles. The lowest BCUT2D eigenvalue weighted by atomic mass is 9.92. The summed E-state index contributed by atoms with van der Waals surface area (Å²) in [6.45, 7) is 6.43. The second kappa shape index (κ2) is 12.4. The quantitative estimate of drug-likeness (QED) is 0.276. The first kappa shape index (κ1) is 30.2. The van der Waals surface area contributed by atoms with Crippen molar-refractivity contribution in [2.24, 2.45) is 16.6 Å². The van der Waals surface area contributed by atoms with E-state index in [1.54, 1.807) is 37.8 Å². The van der Waals surface area contributed by atoms with Crippen LogP contribution in [0.25, 0.3) is 0 Å². The summed E-state index contributed by atoms with van der Waals surface area (Å²) in [7, 11) is 0. The molecule has 1 aliphatic carbocycles. The van der Waals surface area contributed by atoms with E-state index >= 15 is 0 Å². The third-order valence-corrected chi connectivity index (χ3v) is 7.27. The van der Waals surface area contributed by atoms with Crippen LogP contribution in [0.3, 0.4) is 0 Å². The number of rotatable bonds is 8. The molecule has 2 fully saturated rings. The molecule has 41 heavy (non-hydrogen) atoms. The number of carbonyl (C=O) groups is 3. The van der Waals surface area contributed by atoms with E-state index in [0.29, 0.717) is 43.2 Å². The van der Waals surface area contributed by atoms with Gasteiger partial charge in [0.15, 0.2) is 5.84 Å². The molecule has 1 aromatic heterocycles. The van der Waals surface area contributed by atoms with E-state index in [0.717, 1.165) is 12.8 Å². The molecule has 2 heterocycles. The summed E-state index contributed by atoms with van der Waals surface area (Å²) in [5, 5.41) is 5.68. The topological polar surface area (TPSA) is 148 Å². The van der Waals surface area contributed by atoms with Crippen LogP contribution >= 0.6 is 15.9 Å². The molecule has 11 nitrogen and oxygen atoms in total. The normalized spacial score (nSPS) is 17.0. The lowest BCUT2D eigenvalue weighted by Gasteiger charge is -2.31. The number of halogens is 2. The van der Waals surface area contributed by atoms with Gasteiger partial charge in [0.2, 0.25) is 11.7 Å². The maximum absolute atomic E-state index is 13.4. The zero-order valence-electron chi connectivity index (χ0n) is 23.2. The fourth-order valence-corrected chi connectivity index (χ4v) is 4.60. The van der Waals surface area contributed by atoms with E-state index in [1.165, 1.54) is 24.4 Å². The standard InChI is InChI=1S/C28H34BrFN6O5/c1-27(2,3)41-26(39)35-28(10-11-28)16-40-22-7-5-19(15-32-22)34-25(38)36-12-8-17(9-13-36)23(37)24(31)33-18-4-6-21(30)20(29)14-18/h4-7,14-15,17H,8-13,16H2,1-3H3,(H2,31,33)(H,34,38)(H,35,39). The molecule has 220 valence electrons. The van der Waals surface area contributed by atoms with Gasteiger partial charge in [-0.2, -0.15) is 0 Å². The highest BCUT2D eigenvalue weighted by Crippen LogP contribution is 2.36. The van der Waals surface area contributed by atoms with Crippen molar-refractivity contribution in [3.63, 3.8) is 0 Å². The second-order valence-electron chi connectivity index (χ2n) is 11.2. The Morgan fingerprint density at radius 2 is 1.90 bits per heavy atom. The van der Waals surface area contributed by atoms with E-state index in [4.69, 9.17) is 15.2 Å². The molecule has 0 unspecified atom stereocenters. The van der Waals surface area contributed by atoms with Crippen LogP contribution in [0, 0.1) is 11.7 Å². The van der Waals surface area contributed by atoms with Gasteiger partial charge in [-0.25, -0.2) is 24.0 Å². The number of nitrogens with zero attached hydrogens (tertiary/aromatic N) is 3. The maximum Gasteiger partial charge on any atom is 0.408 e. The van der Waals surface area contributed by atoms with Gasteiger partial charge in [0.25, 0.3) is 0 Å². The van der Waals surface area contributed by atoms with E-state index < -0.39 is 23.1 Å². The first-order chi connectivity index (χ1) is 19.3. The molecule has 1 aliphatic heterocycles. The van der Waals surface area contributed by atoms with Crippen molar-refractivity contribution in [1.29, 1.82) is 0 Å². The Morgan fingerprint density at radius 3 is 2.49 bits per heavy atom. The second-order valence-corrected chi connectivity index (χ2v) is 12.1. The van der Waals surface area contributed by atoms with Crippen molar-refractivity contribution in [2.45, 2.75) is 57.6 Å². The van der Waals surface area contributed by atoms with Gasteiger partial charge in [0.05, 0.1) is 27.6 Å². The summed E-state index contributed by atoms with van der Waals surface area (Å²) in [4.78, 5) is 47.6. The van der Waals surface area contributed by atoms with Crippen molar-refractivity contribution in [2.75, 3.05) is 25.0 Å². The zero-order chi connectivity index (χ0) is 29.8. The highest BCUT2D eigenvalue weighted by Gasteiger charge is 2.46. The number of ketones is 1. The van der Waals surface area contributed by atoms with Crippen LogP contribution in [0.4, 0.5) is 25.4 Å². The van der Waals surface area contributed by atoms with Gasteiger partial charge in [0.1, 0.15) is 18.0 Å². The predicted octanol–water partition coefficient (Wildman–Crippen LogP) is 4.92. The van der Waals surface area contributed by atoms with Crippen molar-refractivity contribution < 1.29 is 28.2 Å². The number of nitrogens with two attached hydrogens (primary N) is 1. The minimum atomic E-state index is -0.580. The fraction of sp³-hybridized carbons (Fsp3) is 0.464. The number of ether oxygens (including phenoxy) is 2. The summed E-state index contributed by atoms with van der Waals surface area (Å²) in [6.07, 6.45) is 3.48. The minimum absolute atomic E-state index is 0.145. The summed E-state index contributed by atoms with van der Waals surface area (Å²) in [6, 6.07) is 7.15. The average Bonchev–Trinajstić information content (AvgIpc) is 3.68. The molecule has 4 N–H and O–H groups in total. The SMILES string of the molecule is CC(C)(C)OC(=O)NC1(COc2ccc(NC(=O)N3CCC(C(=O)C(N)=Nc4ccc(F)c(Br)c4)CC3)cn2)CC1. The summed E-state index contributed by atoms with van der Waals surface area (Å²) >= 11 is 3.09. The number of Topliss-reactive ketones (excluding diaryl/α,β-unsaturated/α-hetero) is 1. The molecule has 13 heteroatoms. The van der Waals surface area contributed by atoms with Gasteiger partial charge in [-0.3, -0.25) is 4.79 Å². The largest absolute Gasteiger partial charge is 0.475 e. The third-order valence-electron chi connectivity index (χ3n) is 6.66. The van der Waals surface area contributed by atoms with Crippen LogP contribution in [0.1, 0.15) is 46.5 Å². The van der Waals surface area contributed by atoms with Crippen LogP contribution in [-0.4, -0.2) is 64.5 Å². The number of benzene rings is 1. The summed E-state index contributed by atoms with van der Waals surface area (Å²) in [5.41, 5.74) is 5.75. The van der Waals surface area contributed by atoms with Crippen molar-refractivity contribution in [1.82, 2.24) is 15.2 Å². The van der Waals surface area contributed by atoms with Crippen molar-refractivity contribution >= 4 is 51.0 Å². The molecule has 0 bridgehead atoms. The minimum Gasteiger partial charge on any atom is -0.475 e. The molecule has 2 aromatic rings. The van der Waals surface area contributed by atoms with Crippen LogP contribution < -0.4 is 21.1 Å². The lowest BCUT2D eigenvalue weighted by molar-refractivity contribution is -0.117. The number of amides is 3. The molecule has 3 amide bonds. The number of hydrogen-bond donors (Lipinski definition) is 3. The number of likely N-dealkylation sites (tertiary alicyclic amines) is 1. The monoisotopic (exact) mass is 632 g/mol. The van der Waals surface area contributed by atoms with Gasteiger partial charge in [-0.15, -0.1) is 0 Å². The number of amidine groups is 1. The molecule has 1 aromatic carbocycles. The molecular weight excluding hydrogens is 599 g/mol. The van der Waals surface area contributed by atoms with E-state index in [9.17, 15) is 18.8 Å². The molecular formula is C28H34BrFN6O5. The Labute approximate surface area is 246 Å². The van der Waals surface area contributed by atoms with Gasteiger partial charge < -0.3 is 30.7 Å². The van der Waals surface area contributed by atoms with Gasteiger partial charge in [-0.05, 0) is 86.6 Å². The van der Waals surface area contributed by atoms with E-state index in [1.807, 2.05) is 0 Å². The predicted molar refractivity (Wildman–Crippen MR) is 155 cm³/mol. The Morgan fingerprint density at radius 1 is 1.20 bits per heavy atom. The number of anilines is 1. The van der Waals surface area contributed by atoms with Crippen LogP contribution in [0.5, 0.6) is 5.88 Å². The summed E-state index contributed by atoms with van der Waals surface area (Å²) < 4.78 is 24.8. The molecule has 0 radical (unpaired) electrons. The Bertz CT molecular complexity index is 1320. The number of aliphatic imine (C=N–C) groups is 1. The lowest BCUT2D eigenvalue weighted by Crippen LogP contribution is -2.44. The average molecular weight is 634 g/mol. The number of hydrogen-bond acceptors (Lipinski definition) is 7. The molecule has 1 saturated carbocycles. The molecule has 4 rings (SSSR count). The highest BCUT2D eigenvalue weighted by atomic mass is 79.9. The number of aromatic nitrogens is 1. The number of piperidine rings is 1. The van der Waals surface area contributed by atoms with Crippen LogP contribution in [0.2, 0.25) is 0 Å². The van der Waals surface area contributed by atoms with E-state index in [-0.39, 0.29) is 34.6 Å². The third kappa shape index (κ3) is 8.62. The van der Waals surface area contributed by atoms with Crippen LogP contribution in [-0.2, 0) is 9.53 Å². The molecule has 0 spiro atoms. The number of nitrogens with one attached hydrogen (secondary N) is 2. The van der Waals surface area contributed by atoms with Gasteiger partial charge >= 0.3 is 12.1 Å². The Hall–Kier alpha value is -3.74. The van der Waals surface area contributed by atoms with Gasteiger partial charge in [-0.1, -0.05) is 0 Å². The van der Waals surface area contributed by atoms with Crippen LogP contribution in [0.15, 0.2) is 46.0 Å². The maximum atomic E-state index is 13.4. The number of urea groups is 1. The zero-order valence-corrected chi connectivity index (χ0v) is 24.8. The fourth-order valence-electron chi connectivity index (χ4n) is 4.23. The Balaban J connectivity index is 1.21. The smallest absolute Gasteiger partial charge is 0.408 e. The highest BCUT2D eigenvalue weighted by molar-refractivity contribution is 9.10. The van der Waals surface area contributed by atoms with E-state index in [2.05, 4.69) is 36.5 Å². The first-order valence-electron chi connectivity index (χ1n) is 13.3. The summed E-state index contributed by atoms with van der Waals surface area (Å²) in [5.74, 6) is -0.862. The molecule has 2 aliphatic rings. The van der Waals surface area contributed by atoms with Crippen molar-refractivity contribution in [3.05, 3.63) is 46.8 Å². The van der Waals surface area contributed by atoms with Crippen molar-refractivity contribution in [3.8, 4) is 5.88 Å². The number of carbonyl (C=O) groups excluding carboxylic acids is 3.